The Hall–Kier alpha value is -2.79. The van der Waals surface area contributed by atoms with Gasteiger partial charge in [0.05, 0.1) is 23.8 Å². The maximum absolute atomic E-state index is 5.39. The topological polar surface area (TPSA) is 50.8 Å². The molecule has 0 spiro atoms. The van der Waals surface area contributed by atoms with E-state index in [1.54, 1.807) is 18.9 Å². The van der Waals surface area contributed by atoms with Crippen LogP contribution < -0.4 is 4.74 Å². The number of hydrogen-bond donors (Lipinski definition) is 1. The van der Waals surface area contributed by atoms with E-state index in [4.69, 9.17) is 4.74 Å². The Kier molecular flexibility index (Phi) is 4.15. The highest BCUT2D eigenvalue weighted by molar-refractivity contribution is 7.99. The quantitative estimate of drug-likeness (QED) is 0.558. The molecule has 2 aromatic heterocycles. The fourth-order valence-electron chi connectivity index (χ4n) is 2.74. The first-order chi connectivity index (χ1) is 12.2. The zero-order valence-electron chi connectivity index (χ0n) is 14.0. The number of aromatic nitrogens is 3. The molecule has 0 aliphatic carbocycles. The van der Waals surface area contributed by atoms with Crippen molar-refractivity contribution in [2.75, 3.05) is 7.11 Å². The van der Waals surface area contributed by atoms with Gasteiger partial charge in [0.15, 0.2) is 5.16 Å². The van der Waals surface area contributed by atoms with Gasteiger partial charge in [-0.3, -0.25) is 4.98 Å². The van der Waals surface area contributed by atoms with Crippen LogP contribution in [0.15, 0.2) is 70.7 Å². The summed E-state index contributed by atoms with van der Waals surface area (Å²) in [5, 5.41) is 0.869. The number of imidazole rings is 1. The molecule has 0 unspecified atom stereocenters. The minimum absolute atomic E-state index is 0.811. The molecule has 124 valence electrons. The van der Waals surface area contributed by atoms with Crippen molar-refractivity contribution >= 4 is 22.8 Å². The highest BCUT2D eigenvalue weighted by Crippen LogP contribution is 2.35. The van der Waals surface area contributed by atoms with Crippen molar-refractivity contribution < 1.29 is 4.74 Å². The Bertz CT molecular complexity index is 1010. The molecule has 0 aliphatic rings. The fraction of sp³-hybridized carbons (Fsp3) is 0.100. The number of fused-ring (bicyclic) bond motifs is 1. The number of H-pyrrole nitrogens is 1. The van der Waals surface area contributed by atoms with Crippen molar-refractivity contribution in [3.8, 4) is 17.0 Å². The fourth-order valence-corrected chi connectivity index (χ4v) is 3.68. The number of para-hydroxylation sites is 2. The van der Waals surface area contributed by atoms with Crippen LogP contribution in [-0.2, 0) is 0 Å². The number of methoxy groups -OCH3 is 1. The SMILES string of the molecule is COc1cc(C)nc(-c2ccccc2Sc2nc3ccccc3[nH]2)c1. The third-order valence-electron chi connectivity index (χ3n) is 3.90. The maximum atomic E-state index is 5.39. The van der Waals surface area contributed by atoms with Gasteiger partial charge in [-0.25, -0.2) is 4.98 Å². The average Bonchev–Trinajstić information content (AvgIpc) is 3.04. The van der Waals surface area contributed by atoms with Gasteiger partial charge >= 0.3 is 0 Å². The molecule has 0 saturated carbocycles. The first-order valence-corrected chi connectivity index (χ1v) is 8.79. The molecule has 0 radical (unpaired) electrons. The second kappa shape index (κ2) is 6.61. The highest BCUT2D eigenvalue weighted by Gasteiger charge is 2.11. The minimum Gasteiger partial charge on any atom is -0.497 e. The van der Waals surface area contributed by atoms with Crippen molar-refractivity contribution in [2.24, 2.45) is 0 Å². The lowest BCUT2D eigenvalue weighted by atomic mass is 10.1. The van der Waals surface area contributed by atoms with Gasteiger partial charge in [-0.1, -0.05) is 42.1 Å². The minimum atomic E-state index is 0.811. The van der Waals surface area contributed by atoms with Crippen LogP contribution in [0.3, 0.4) is 0 Å². The summed E-state index contributed by atoms with van der Waals surface area (Å²) in [6.45, 7) is 1.97. The summed E-state index contributed by atoms with van der Waals surface area (Å²) >= 11 is 1.61. The molecular formula is C20H17N3OS. The molecule has 4 aromatic rings. The van der Waals surface area contributed by atoms with E-state index in [1.165, 1.54) is 0 Å². The smallest absolute Gasteiger partial charge is 0.171 e. The van der Waals surface area contributed by atoms with Gasteiger partial charge in [0.2, 0.25) is 0 Å². The van der Waals surface area contributed by atoms with Crippen molar-refractivity contribution in [3.05, 3.63) is 66.4 Å². The van der Waals surface area contributed by atoms with E-state index >= 15 is 0 Å². The summed E-state index contributed by atoms with van der Waals surface area (Å²) < 4.78 is 5.39. The number of pyridine rings is 1. The molecule has 1 N–H and O–H groups in total. The van der Waals surface area contributed by atoms with Crippen LogP contribution >= 0.6 is 11.8 Å². The van der Waals surface area contributed by atoms with Crippen LogP contribution in [0.25, 0.3) is 22.3 Å². The molecule has 0 amide bonds. The van der Waals surface area contributed by atoms with Gasteiger partial charge in [0.1, 0.15) is 5.75 Å². The molecule has 0 bridgehead atoms. The predicted octanol–water partition coefficient (Wildman–Crippen LogP) is 5.09. The standard InChI is InChI=1S/C20H17N3OS/c1-13-11-14(24-2)12-18(21-13)15-7-3-6-10-19(15)25-20-22-16-8-4-5-9-17(16)23-20/h3-12H,1-2H3,(H,22,23). The summed E-state index contributed by atoms with van der Waals surface area (Å²) in [5.74, 6) is 0.811. The summed E-state index contributed by atoms with van der Waals surface area (Å²) in [6, 6.07) is 20.1. The average molecular weight is 347 g/mol. The molecule has 4 nitrogen and oxygen atoms in total. The van der Waals surface area contributed by atoms with Crippen molar-refractivity contribution in [2.45, 2.75) is 17.0 Å². The van der Waals surface area contributed by atoms with Gasteiger partial charge in [-0.2, -0.15) is 0 Å². The molecule has 5 heteroatoms. The van der Waals surface area contributed by atoms with Crippen LogP contribution in [0, 0.1) is 6.92 Å². The van der Waals surface area contributed by atoms with Gasteiger partial charge in [-0.15, -0.1) is 0 Å². The number of rotatable bonds is 4. The molecule has 0 aliphatic heterocycles. The normalized spacial score (nSPS) is 11.0. The lowest BCUT2D eigenvalue weighted by molar-refractivity contribution is 0.414. The number of ether oxygens (including phenoxy) is 1. The van der Waals surface area contributed by atoms with Gasteiger partial charge in [0, 0.05) is 28.3 Å². The second-order valence-electron chi connectivity index (χ2n) is 5.69. The third-order valence-corrected chi connectivity index (χ3v) is 4.86. The van der Waals surface area contributed by atoms with E-state index in [0.29, 0.717) is 0 Å². The summed E-state index contributed by atoms with van der Waals surface area (Å²) in [5.41, 5.74) is 4.90. The number of benzene rings is 2. The van der Waals surface area contributed by atoms with E-state index in [1.807, 2.05) is 55.5 Å². The van der Waals surface area contributed by atoms with Crippen molar-refractivity contribution in [1.29, 1.82) is 0 Å². The number of nitrogens with zero attached hydrogens (tertiary/aromatic N) is 2. The Morgan fingerprint density at radius 2 is 1.76 bits per heavy atom. The van der Waals surface area contributed by atoms with Crippen LogP contribution in [-0.4, -0.2) is 22.1 Å². The summed E-state index contributed by atoms with van der Waals surface area (Å²) in [6.07, 6.45) is 0. The van der Waals surface area contributed by atoms with E-state index in [2.05, 4.69) is 27.1 Å². The van der Waals surface area contributed by atoms with E-state index in [-0.39, 0.29) is 0 Å². The number of aromatic amines is 1. The third kappa shape index (κ3) is 3.23. The van der Waals surface area contributed by atoms with Crippen LogP contribution in [0.5, 0.6) is 5.75 Å². The van der Waals surface area contributed by atoms with Crippen LogP contribution in [0.2, 0.25) is 0 Å². The van der Waals surface area contributed by atoms with E-state index in [0.717, 1.165) is 43.8 Å². The first kappa shape index (κ1) is 15.7. The van der Waals surface area contributed by atoms with Gasteiger partial charge in [-0.05, 0) is 25.1 Å². The molecule has 4 rings (SSSR count). The predicted molar refractivity (Wildman–Crippen MR) is 101 cm³/mol. The molecule has 2 heterocycles. The summed E-state index contributed by atoms with van der Waals surface area (Å²) in [7, 11) is 1.67. The number of nitrogens with one attached hydrogen (secondary N) is 1. The Morgan fingerprint density at radius 3 is 2.60 bits per heavy atom. The Morgan fingerprint density at radius 1 is 0.960 bits per heavy atom. The van der Waals surface area contributed by atoms with Crippen molar-refractivity contribution in [1.82, 2.24) is 15.0 Å². The highest BCUT2D eigenvalue weighted by atomic mass is 32.2. The van der Waals surface area contributed by atoms with Gasteiger partial charge < -0.3 is 9.72 Å². The molecule has 0 fully saturated rings. The molecule has 0 atom stereocenters. The van der Waals surface area contributed by atoms with Crippen LogP contribution in [0.4, 0.5) is 0 Å². The Balaban J connectivity index is 1.75. The van der Waals surface area contributed by atoms with E-state index in [9.17, 15) is 0 Å². The second-order valence-corrected chi connectivity index (χ2v) is 6.72. The molecule has 25 heavy (non-hydrogen) atoms. The lowest BCUT2D eigenvalue weighted by Gasteiger charge is -2.10. The Labute approximate surface area is 150 Å². The van der Waals surface area contributed by atoms with E-state index < -0.39 is 0 Å². The molecule has 0 saturated heterocycles. The zero-order valence-corrected chi connectivity index (χ0v) is 14.8. The lowest BCUT2D eigenvalue weighted by Crippen LogP contribution is -1.92. The molecular weight excluding hydrogens is 330 g/mol. The van der Waals surface area contributed by atoms with Crippen LogP contribution in [0.1, 0.15) is 5.69 Å². The number of aryl methyl sites for hydroxylation is 1. The monoisotopic (exact) mass is 347 g/mol. The maximum Gasteiger partial charge on any atom is 0.171 e. The van der Waals surface area contributed by atoms with Gasteiger partial charge in [0.25, 0.3) is 0 Å². The summed E-state index contributed by atoms with van der Waals surface area (Å²) in [4.78, 5) is 13.8. The number of hydrogen-bond acceptors (Lipinski definition) is 4. The van der Waals surface area contributed by atoms with Crippen molar-refractivity contribution in [3.63, 3.8) is 0 Å². The molecule has 2 aromatic carbocycles. The zero-order chi connectivity index (χ0) is 17.2. The largest absolute Gasteiger partial charge is 0.497 e. The first-order valence-electron chi connectivity index (χ1n) is 7.97.